The first-order chi connectivity index (χ1) is 8.65. The second-order valence-corrected chi connectivity index (χ2v) is 3.81. The molecule has 0 radical (unpaired) electrons. The first-order valence-corrected chi connectivity index (χ1v) is 5.45. The zero-order chi connectivity index (χ0) is 13.0. The van der Waals surface area contributed by atoms with Gasteiger partial charge in [-0.3, -0.25) is 4.79 Å². The molecular weight excluding hydrogens is 233 g/mol. The first kappa shape index (κ1) is 12.1. The number of benzene rings is 2. The molecule has 0 aromatic heterocycles. The van der Waals surface area contributed by atoms with Crippen LogP contribution in [0.15, 0.2) is 48.5 Å². The SMILES string of the molecule is NC(=O)Cc1cc(F)ccc1Oc1ccccc1. The Morgan fingerprint density at radius 1 is 1.17 bits per heavy atom. The van der Waals surface area contributed by atoms with E-state index in [1.54, 1.807) is 12.1 Å². The van der Waals surface area contributed by atoms with Gasteiger partial charge in [0.25, 0.3) is 0 Å². The Morgan fingerprint density at radius 2 is 1.89 bits per heavy atom. The molecule has 0 saturated carbocycles. The zero-order valence-corrected chi connectivity index (χ0v) is 9.60. The van der Waals surface area contributed by atoms with Crippen LogP contribution in [-0.4, -0.2) is 5.91 Å². The number of nitrogens with two attached hydrogens (primary N) is 1. The van der Waals surface area contributed by atoms with E-state index in [0.29, 0.717) is 17.1 Å². The predicted molar refractivity (Wildman–Crippen MR) is 65.8 cm³/mol. The highest BCUT2D eigenvalue weighted by Gasteiger charge is 2.09. The van der Waals surface area contributed by atoms with Crippen LogP contribution in [-0.2, 0) is 11.2 Å². The monoisotopic (exact) mass is 245 g/mol. The fourth-order valence-corrected chi connectivity index (χ4v) is 1.59. The number of rotatable bonds is 4. The minimum absolute atomic E-state index is 0.0556. The molecule has 0 unspecified atom stereocenters. The topological polar surface area (TPSA) is 52.3 Å². The fraction of sp³-hybridized carbons (Fsp3) is 0.0714. The Kier molecular flexibility index (Phi) is 3.57. The lowest BCUT2D eigenvalue weighted by Gasteiger charge is -2.10. The summed E-state index contributed by atoms with van der Waals surface area (Å²) in [5, 5.41) is 0. The number of hydrogen-bond acceptors (Lipinski definition) is 2. The van der Waals surface area contributed by atoms with Gasteiger partial charge in [-0.05, 0) is 30.3 Å². The van der Waals surface area contributed by atoms with E-state index in [-0.39, 0.29) is 6.42 Å². The number of para-hydroxylation sites is 1. The number of carbonyl (C=O) groups excluding carboxylic acids is 1. The number of amides is 1. The predicted octanol–water partition coefficient (Wildman–Crippen LogP) is 2.65. The second-order valence-electron chi connectivity index (χ2n) is 3.81. The van der Waals surface area contributed by atoms with Crippen LogP contribution in [0, 0.1) is 5.82 Å². The average molecular weight is 245 g/mol. The highest BCUT2D eigenvalue weighted by Crippen LogP contribution is 2.26. The molecule has 0 fully saturated rings. The third kappa shape index (κ3) is 3.07. The number of carbonyl (C=O) groups is 1. The highest BCUT2D eigenvalue weighted by molar-refractivity contribution is 5.77. The molecule has 0 saturated heterocycles. The van der Waals surface area contributed by atoms with E-state index < -0.39 is 11.7 Å². The summed E-state index contributed by atoms with van der Waals surface area (Å²) in [6.45, 7) is 0. The Hall–Kier alpha value is -2.36. The van der Waals surface area contributed by atoms with E-state index >= 15 is 0 Å². The molecule has 1 amide bonds. The second kappa shape index (κ2) is 5.31. The zero-order valence-electron chi connectivity index (χ0n) is 9.60. The van der Waals surface area contributed by atoms with E-state index in [9.17, 15) is 9.18 Å². The van der Waals surface area contributed by atoms with Crippen LogP contribution in [0.25, 0.3) is 0 Å². The van der Waals surface area contributed by atoms with Crippen molar-refractivity contribution in [1.29, 1.82) is 0 Å². The van der Waals surface area contributed by atoms with Gasteiger partial charge in [-0.1, -0.05) is 18.2 Å². The van der Waals surface area contributed by atoms with Crippen LogP contribution in [0.4, 0.5) is 4.39 Å². The van der Waals surface area contributed by atoms with E-state index in [1.165, 1.54) is 18.2 Å². The van der Waals surface area contributed by atoms with Gasteiger partial charge in [0, 0.05) is 5.56 Å². The van der Waals surface area contributed by atoms with Crippen molar-refractivity contribution in [2.24, 2.45) is 5.73 Å². The molecule has 0 aliphatic carbocycles. The Labute approximate surface area is 104 Å². The van der Waals surface area contributed by atoms with Gasteiger partial charge in [-0.25, -0.2) is 4.39 Å². The van der Waals surface area contributed by atoms with Crippen molar-refractivity contribution in [2.75, 3.05) is 0 Å². The molecule has 18 heavy (non-hydrogen) atoms. The average Bonchev–Trinajstić information content (AvgIpc) is 2.33. The van der Waals surface area contributed by atoms with Gasteiger partial charge in [0.05, 0.1) is 6.42 Å². The molecule has 0 heterocycles. The summed E-state index contributed by atoms with van der Waals surface area (Å²) in [5.41, 5.74) is 5.56. The molecule has 0 spiro atoms. The first-order valence-electron chi connectivity index (χ1n) is 5.45. The Bertz CT molecular complexity index is 555. The molecule has 3 nitrogen and oxygen atoms in total. The minimum Gasteiger partial charge on any atom is -0.457 e. The van der Waals surface area contributed by atoms with Crippen LogP contribution in [0.2, 0.25) is 0 Å². The Morgan fingerprint density at radius 3 is 2.56 bits per heavy atom. The molecule has 2 N–H and O–H groups in total. The quantitative estimate of drug-likeness (QED) is 0.900. The summed E-state index contributed by atoms with van der Waals surface area (Å²) in [4.78, 5) is 10.9. The van der Waals surface area contributed by atoms with Crippen LogP contribution in [0.1, 0.15) is 5.56 Å². The summed E-state index contributed by atoms with van der Waals surface area (Å²) < 4.78 is 18.7. The van der Waals surface area contributed by atoms with E-state index in [0.717, 1.165) is 0 Å². The van der Waals surface area contributed by atoms with Crippen LogP contribution >= 0.6 is 0 Å². The molecule has 2 rings (SSSR count). The van der Waals surface area contributed by atoms with Gasteiger partial charge in [0.2, 0.25) is 5.91 Å². The molecule has 2 aromatic carbocycles. The molecule has 4 heteroatoms. The minimum atomic E-state index is -0.529. The standard InChI is InChI=1S/C14H12FNO2/c15-11-6-7-13(10(8-11)9-14(16)17)18-12-4-2-1-3-5-12/h1-8H,9H2,(H2,16,17). The van der Waals surface area contributed by atoms with Gasteiger partial charge in [-0.15, -0.1) is 0 Å². The maximum atomic E-state index is 13.1. The van der Waals surface area contributed by atoms with Crippen molar-refractivity contribution in [3.05, 3.63) is 59.9 Å². The van der Waals surface area contributed by atoms with Gasteiger partial charge in [0.1, 0.15) is 17.3 Å². The van der Waals surface area contributed by atoms with Gasteiger partial charge >= 0.3 is 0 Å². The maximum Gasteiger partial charge on any atom is 0.221 e. The normalized spacial score (nSPS) is 10.1. The van der Waals surface area contributed by atoms with Gasteiger partial charge in [-0.2, -0.15) is 0 Å². The molecular formula is C14H12FNO2. The van der Waals surface area contributed by atoms with Crippen molar-refractivity contribution in [3.8, 4) is 11.5 Å². The van der Waals surface area contributed by atoms with Crippen LogP contribution in [0.5, 0.6) is 11.5 Å². The largest absolute Gasteiger partial charge is 0.457 e. The molecule has 0 aliphatic heterocycles. The molecule has 0 bridgehead atoms. The van der Waals surface area contributed by atoms with Gasteiger partial charge in [0.15, 0.2) is 0 Å². The third-order valence-corrected chi connectivity index (χ3v) is 2.36. The van der Waals surface area contributed by atoms with E-state index in [4.69, 9.17) is 10.5 Å². The highest BCUT2D eigenvalue weighted by atomic mass is 19.1. The summed E-state index contributed by atoms with van der Waals surface area (Å²) >= 11 is 0. The maximum absolute atomic E-state index is 13.1. The number of hydrogen-bond donors (Lipinski definition) is 1. The third-order valence-electron chi connectivity index (χ3n) is 2.36. The summed E-state index contributed by atoms with van der Waals surface area (Å²) in [5.74, 6) is 0.0985. The van der Waals surface area contributed by atoms with Crippen molar-refractivity contribution in [2.45, 2.75) is 6.42 Å². The molecule has 92 valence electrons. The Balaban J connectivity index is 2.29. The van der Waals surface area contributed by atoms with Crippen LogP contribution < -0.4 is 10.5 Å². The molecule has 2 aromatic rings. The van der Waals surface area contributed by atoms with Crippen molar-refractivity contribution in [3.63, 3.8) is 0 Å². The fourth-order valence-electron chi connectivity index (χ4n) is 1.59. The summed E-state index contributed by atoms with van der Waals surface area (Å²) in [6, 6.07) is 13.1. The van der Waals surface area contributed by atoms with E-state index in [1.807, 2.05) is 18.2 Å². The lowest BCUT2D eigenvalue weighted by atomic mass is 10.1. The summed E-state index contributed by atoms with van der Waals surface area (Å²) in [7, 11) is 0. The van der Waals surface area contributed by atoms with Gasteiger partial charge < -0.3 is 10.5 Å². The van der Waals surface area contributed by atoms with Crippen molar-refractivity contribution < 1.29 is 13.9 Å². The number of ether oxygens (including phenoxy) is 1. The summed E-state index contributed by atoms with van der Waals surface area (Å²) in [6.07, 6.45) is -0.0556. The molecule has 0 aliphatic rings. The number of halogens is 1. The van der Waals surface area contributed by atoms with Crippen molar-refractivity contribution >= 4 is 5.91 Å². The molecule has 0 atom stereocenters. The van der Waals surface area contributed by atoms with E-state index in [2.05, 4.69) is 0 Å². The van der Waals surface area contributed by atoms with Crippen molar-refractivity contribution in [1.82, 2.24) is 0 Å². The lowest BCUT2D eigenvalue weighted by molar-refractivity contribution is -0.117. The smallest absolute Gasteiger partial charge is 0.221 e. The lowest BCUT2D eigenvalue weighted by Crippen LogP contribution is -2.14. The number of primary amides is 1. The van der Waals surface area contributed by atoms with Crippen LogP contribution in [0.3, 0.4) is 0 Å².